The lowest BCUT2D eigenvalue weighted by atomic mass is 10.1. The number of ether oxygens (including phenoxy) is 1. The third kappa shape index (κ3) is 5.16. The molecule has 0 bridgehead atoms. The number of rotatable bonds is 6. The predicted molar refractivity (Wildman–Crippen MR) is 74.4 cm³/mol. The summed E-state index contributed by atoms with van der Waals surface area (Å²) in [5.41, 5.74) is 0.643. The van der Waals surface area contributed by atoms with E-state index in [9.17, 15) is 9.59 Å². The van der Waals surface area contributed by atoms with E-state index in [4.69, 9.17) is 4.74 Å². The largest absolute Gasteiger partial charge is 0.478 e. The van der Waals surface area contributed by atoms with Gasteiger partial charge in [0.1, 0.15) is 0 Å². The molecule has 19 heavy (non-hydrogen) atoms. The highest BCUT2D eigenvalue weighted by Crippen LogP contribution is 2.04. The molecular weight excluding hydrogens is 244 g/mol. The summed E-state index contributed by atoms with van der Waals surface area (Å²) in [6.07, 6.45) is 2.52. The highest BCUT2D eigenvalue weighted by atomic mass is 16.5. The molecule has 0 atom stereocenters. The molecular formula is C14H22N2O3. The van der Waals surface area contributed by atoms with Gasteiger partial charge >= 0.3 is 0 Å². The second-order valence-electron chi connectivity index (χ2n) is 5.08. The summed E-state index contributed by atoms with van der Waals surface area (Å²) in [7, 11) is 1.82. The van der Waals surface area contributed by atoms with Gasteiger partial charge in [-0.25, -0.2) is 0 Å². The molecule has 1 N–H and O–H groups in total. The molecule has 0 saturated heterocycles. The Morgan fingerprint density at radius 2 is 2.16 bits per heavy atom. The first kappa shape index (κ1) is 15.3. The number of carbonyl (C=O) groups excluding carboxylic acids is 1. The average molecular weight is 266 g/mol. The van der Waals surface area contributed by atoms with Gasteiger partial charge in [-0.3, -0.25) is 9.59 Å². The van der Waals surface area contributed by atoms with Crippen LogP contribution in [0.25, 0.3) is 0 Å². The van der Waals surface area contributed by atoms with Crippen molar-refractivity contribution in [1.82, 2.24) is 9.88 Å². The Labute approximate surface area is 113 Å². The molecule has 0 saturated carbocycles. The zero-order valence-corrected chi connectivity index (χ0v) is 12.0. The van der Waals surface area contributed by atoms with Gasteiger partial charge in [0.05, 0.1) is 0 Å². The molecule has 5 heteroatoms. The number of amides is 1. The molecule has 1 heterocycles. The van der Waals surface area contributed by atoms with Crippen LogP contribution < -0.4 is 15.5 Å². The van der Waals surface area contributed by atoms with Gasteiger partial charge in [-0.2, -0.15) is 0 Å². The predicted octanol–water partition coefficient (Wildman–Crippen LogP) is 1.23. The van der Waals surface area contributed by atoms with Crippen LogP contribution in [0.15, 0.2) is 17.1 Å². The minimum absolute atomic E-state index is 0.129. The van der Waals surface area contributed by atoms with E-state index < -0.39 is 0 Å². The first-order chi connectivity index (χ1) is 8.90. The van der Waals surface area contributed by atoms with Crippen molar-refractivity contribution in [3.8, 4) is 5.75 Å². The van der Waals surface area contributed by atoms with Crippen molar-refractivity contribution in [2.24, 2.45) is 13.0 Å². The highest BCUT2D eigenvalue weighted by Gasteiger charge is 2.06. The van der Waals surface area contributed by atoms with Gasteiger partial charge < -0.3 is 14.6 Å². The maximum Gasteiger partial charge on any atom is 0.257 e. The minimum Gasteiger partial charge on any atom is -0.478 e. The lowest BCUT2D eigenvalue weighted by Crippen LogP contribution is -2.31. The maximum atomic E-state index is 11.6. The molecule has 0 aliphatic rings. The first-order valence-corrected chi connectivity index (χ1v) is 6.47. The SMILES string of the molecule is Cc1cc(=O)c(OCC(=O)NCCC(C)C)cn1C. The molecule has 106 valence electrons. The number of hydrogen-bond donors (Lipinski definition) is 1. The van der Waals surface area contributed by atoms with E-state index in [1.807, 2.05) is 14.0 Å². The highest BCUT2D eigenvalue weighted by molar-refractivity contribution is 5.77. The van der Waals surface area contributed by atoms with E-state index in [2.05, 4.69) is 19.2 Å². The second-order valence-corrected chi connectivity index (χ2v) is 5.08. The first-order valence-electron chi connectivity index (χ1n) is 6.47. The number of pyridine rings is 1. The Kier molecular flexibility index (Phi) is 5.60. The minimum atomic E-state index is -0.205. The van der Waals surface area contributed by atoms with Crippen molar-refractivity contribution < 1.29 is 9.53 Å². The van der Waals surface area contributed by atoms with Crippen LogP contribution in [0.4, 0.5) is 0 Å². The molecule has 0 unspecified atom stereocenters. The van der Waals surface area contributed by atoms with Crippen LogP contribution in [0.5, 0.6) is 5.75 Å². The van der Waals surface area contributed by atoms with E-state index in [1.165, 1.54) is 6.07 Å². The fourth-order valence-corrected chi connectivity index (χ4v) is 1.51. The van der Waals surface area contributed by atoms with Gasteiger partial charge in [0.2, 0.25) is 5.43 Å². The third-order valence-corrected chi connectivity index (χ3v) is 2.85. The van der Waals surface area contributed by atoms with Gasteiger partial charge in [-0.05, 0) is 19.3 Å². The third-order valence-electron chi connectivity index (χ3n) is 2.85. The number of aryl methyl sites for hydroxylation is 2. The molecule has 0 aliphatic heterocycles. The van der Waals surface area contributed by atoms with Crippen LogP contribution in [-0.2, 0) is 11.8 Å². The van der Waals surface area contributed by atoms with Gasteiger partial charge in [-0.15, -0.1) is 0 Å². The summed E-state index contributed by atoms with van der Waals surface area (Å²) in [5.74, 6) is 0.543. The Morgan fingerprint density at radius 1 is 1.47 bits per heavy atom. The molecule has 0 aromatic carbocycles. The standard InChI is InChI=1S/C14H22N2O3/c1-10(2)5-6-15-14(18)9-19-13-8-16(4)11(3)7-12(13)17/h7-8,10H,5-6,9H2,1-4H3,(H,15,18). The van der Waals surface area contributed by atoms with Crippen molar-refractivity contribution in [3.63, 3.8) is 0 Å². The van der Waals surface area contributed by atoms with Crippen molar-refractivity contribution in [2.45, 2.75) is 27.2 Å². The van der Waals surface area contributed by atoms with Gasteiger partial charge in [0.15, 0.2) is 12.4 Å². The van der Waals surface area contributed by atoms with E-state index in [-0.39, 0.29) is 23.7 Å². The summed E-state index contributed by atoms with van der Waals surface area (Å²) in [6, 6.07) is 1.49. The number of nitrogens with zero attached hydrogens (tertiary/aromatic N) is 1. The zero-order valence-electron chi connectivity index (χ0n) is 12.0. The van der Waals surface area contributed by atoms with Crippen molar-refractivity contribution in [1.29, 1.82) is 0 Å². The summed E-state index contributed by atoms with van der Waals surface area (Å²) >= 11 is 0. The van der Waals surface area contributed by atoms with Crippen molar-refractivity contribution >= 4 is 5.91 Å². The lowest BCUT2D eigenvalue weighted by Gasteiger charge is -2.10. The topological polar surface area (TPSA) is 60.3 Å². The normalized spacial score (nSPS) is 10.6. The van der Waals surface area contributed by atoms with E-state index in [1.54, 1.807) is 10.8 Å². The Balaban J connectivity index is 2.46. The maximum absolute atomic E-state index is 11.6. The fraction of sp³-hybridized carbons (Fsp3) is 0.571. The van der Waals surface area contributed by atoms with E-state index in [0.29, 0.717) is 12.5 Å². The summed E-state index contributed by atoms with van der Waals surface area (Å²) in [6.45, 7) is 6.53. The molecule has 5 nitrogen and oxygen atoms in total. The molecule has 1 amide bonds. The van der Waals surface area contributed by atoms with Crippen LogP contribution in [-0.4, -0.2) is 23.6 Å². The van der Waals surface area contributed by atoms with Gasteiger partial charge in [0.25, 0.3) is 5.91 Å². The second kappa shape index (κ2) is 6.97. The van der Waals surface area contributed by atoms with E-state index in [0.717, 1.165) is 12.1 Å². The lowest BCUT2D eigenvalue weighted by molar-refractivity contribution is -0.123. The fourth-order valence-electron chi connectivity index (χ4n) is 1.51. The number of hydrogen-bond acceptors (Lipinski definition) is 3. The molecule has 0 radical (unpaired) electrons. The number of carbonyl (C=O) groups is 1. The molecule has 0 fully saturated rings. The van der Waals surface area contributed by atoms with Gasteiger partial charge in [-0.1, -0.05) is 13.8 Å². The van der Waals surface area contributed by atoms with Crippen LogP contribution in [0.3, 0.4) is 0 Å². The van der Waals surface area contributed by atoms with Crippen molar-refractivity contribution in [3.05, 3.63) is 28.2 Å². The number of aromatic nitrogens is 1. The van der Waals surface area contributed by atoms with Crippen LogP contribution in [0.2, 0.25) is 0 Å². The van der Waals surface area contributed by atoms with Gasteiger partial charge in [0, 0.05) is 31.5 Å². The van der Waals surface area contributed by atoms with Crippen LogP contribution in [0.1, 0.15) is 26.0 Å². The molecule has 0 spiro atoms. The van der Waals surface area contributed by atoms with Crippen LogP contribution in [0, 0.1) is 12.8 Å². The Hall–Kier alpha value is -1.78. The molecule has 1 rings (SSSR count). The monoisotopic (exact) mass is 266 g/mol. The molecule has 1 aromatic rings. The molecule has 1 aromatic heterocycles. The smallest absolute Gasteiger partial charge is 0.257 e. The van der Waals surface area contributed by atoms with E-state index >= 15 is 0 Å². The number of nitrogens with one attached hydrogen (secondary N) is 1. The Morgan fingerprint density at radius 3 is 2.79 bits per heavy atom. The molecule has 0 aliphatic carbocycles. The van der Waals surface area contributed by atoms with Crippen molar-refractivity contribution in [2.75, 3.05) is 13.2 Å². The summed E-state index contributed by atoms with van der Waals surface area (Å²) < 4.78 is 7.03. The zero-order chi connectivity index (χ0) is 14.4. The Bertz CT molecular complexity index is 492. The summed E-state index contributed by atoms with van der Waals surface area (Å²) in [4.78, 5) is 23.2. The van der Waals surface area contributed by atoms with Crippen LogP contribution >= 0.6 is 0 Å². The average Bonchev–Trinajstić information content (AvgIpc) is 2.31. The quantitative estimate of drug-likeness (QED) is 0.842. The summed E-state index contributed by atoms with van der Waals surface area (Å²) in [5, 5.41) is 2.76.